The van der Waals surface area contributed by atoms with Crippen LogP contribution in [-0.2, 0) is 26.1 Å². The monoisotopic (exact) mass is 613 g/mol. The van der Waals surface area contributed by atoms with Crippen LogP contribution < -0.4 is 10.7 Å². The van der Waals surface area contributed by atoms with Gasteiger partial charge in [0.25, 0.3) is 0 Å². The van der Waals surface area contributed by atoms with Gasteiger partial charge in [-0.3, -0.25) is 34.4 Å². The molecular weight excluding hydrogens is 574 g/mol. The molecule has 0 saturated heterocycles. The van der Waals surface area contributed by atoms with Crippen LogP contribution >= 0.6 is 0 Å². The molecule has 0 aliphatic heterocycles. The maximum Gasteiger partial charge on any atom is 0.201 e. The van der Waals surface area contributed by atoms with Crippen LogP contribution in [0.1, 0.15) is 36.8 Å². The van der Waals surface area contributed by atoms with Crippen molar-refractivity contribution >= 4 is 21.5 Å². The fourth-order valence-electron chi connectivity index (χ4n) is 5.82. The summed E-state index contributed by atoms with van der Waals surface area (Å²) in [5.74, 6) is 0.107. The summed E-state index contributed by atoms with van der Waals surface area (Å²) in [5, 5.41) is 27.2. The highest BCUT2D eigenvalue weighted by Gasteiger charge is 2.18. The summed E-state index contributed by atoms with van der Waals surface area (Å²) in [6, 6.07) is 25.5. The third-order valence-corrected chi connectivity index (χ3v) is 8.14. The van der Waals surface area contributed by atoms with Crippen molar-refractivity contribution in [1.82, 2.24) is 24.4 Å². The lowest BCUT2D eigenvalue weighted by Crippen LogP contribution is -2.27. The third-order valence-electron chi connectivity index (χ3n) is 8.14. The average molecular weight is 614 g/mol. The second-order valence-electron chi connectivity index (χ2n) is 11.4. The van der Waals surface area contributed by atoms with E-state index in [1.54, 1.807) is 10.8 Å². The molecule has 0 fully saturated rings. The Balaban J connectivity index is 1.40. The van der Waals surface area contributed by atoms with Crippen molar-refractivity contribution in [2.45, 2.75) is 45.8 Å². The minimum Gasteiger partial charge on any atom is -0.494 e. The number of hydrogen-bond acceptors (Lipinski definition) is 8. The summed E-state index contributed by atoms with van der Waals surface area (Å²) in [5.41, 5.74) is 2.95. The maximum atomic E-state index is 11.3. The van der Waals surface area contributed by atoms with Crippen molar-refractivity contribution in [2.24, 2.45) is 9.98 Å². The molecule has 0 unspecified atom stereocenters. The highest BCUT2D eigenvalue weighted by molar-refractivity contribution is 6.13. The molecule has 0 spiro atoms. The Labute approximate surface area is 268 Å². The second-order valence-corrected chi connectivity index (χ2v) is 11.4. The predicted molar refractivity (Wildman–Crippen MR) is 180 cm³/mol. The van der Waals surface area contributed by atoms with Crippen molar-refractivity contribution in [1.29, 1.82) is 0 Å². The van der Waals surface area contributed by atoms with Crippen LogP contribution in [0.2, 0.25) is 0 Å². The van der Waals surface area contributed by atoms with Crippen LogP contribution in [0.3, 0.4) is 0 Å². The summed E-state index contributed by atoms with van der Waals surface area (Å²) in [6.07, 6.45) is 7.91. The van der Waals surface area contributed by atoms with E-state index in [0.29, 0.717) is 56.5 Å². The van der Waals surface area contributed by atoms with Gasteiger partial charge in [0.2, 0.25) is 11.8 Å². The number of pyridine rings is 4. The van der Waals surface area contributed by atoms with E-state index in [4.69, 9.17) is 9.98 Å². The van der Waals surface area contributed by atoms with Crippen LogP contribution in [0.15, 0.2) is 107 Å². The summed E-state index contributed by atoms with van der Waals surface area (Å²) < 4.78 is 1.60. The third kappa shape index (κ3) is 7.05. The van der Waals surface area contributed by atoms with Crippen LogP contribution in [0, 0.1) is 0 Å². The summed E-state index contributed by atoms with van der Waals surface area (Å²) in [7, 11) is 0. The van der Waals surface area contributed by atoms with Gasteiger partial charge in [-0.15, -0.1) is 0 Å². The number of aromatic hydroxyl groups is 2. The average Bonchev–Trinajstić information content (AvgIpc) is 3.09. The SMILES string of the molecule is CCCCn1c(O)c2ccc(=NCCc3ccccn3)c3c(=NCCN(Cc4ccccn4)Cc4ccccn4)ccc(c1O)c23. The topological polar surface area (TPSA) is 112 Å². The molecule has 9 nitrogen and oxygen atoms in total. The van der Waals surface area contributed by atoms with E-state index in [1.165, 1.54) is 0 Å². The van der Waals surface area contributed by atoms with E-state index in [0.717, 1.165) is 51.4 Å². The van der Waals surface area contributed by atoms with Crippen molar-refractivity contribution in [2.75, 3.05) is 19.6 Å². The van der Waals surface area contributed by atoms with Crippen LogP contribution in [0.25, 0.3) is 21.5 Å². The van der Waals surface area contributed by atoms with Gasteiger partial charge in [-0.1, -0.05) is 31.5 Å². The highest BCUT2D eigenvalue weighted by Crippen LogP contribution is 2.37. The Hall–Kier alpha value is -5.15. The van der Waals surface area contributed by atoms with E-state index in [2.05, 4.69) is 26.8 Å². The molecule has 4 aromatic heterocycles. The predicted octanol–water partition coefficient (Wildman–Crippen LogP) is 5.38. The molecule has 6 aromatic rings. The first-order valence-electron chi connectivity index (χ1n) is 15.9. The lowest BCUT2D eigenvalue weighted by Gasteiger charge is -2.21. The Kier molecular flexibility index (Phi) is 9.90. The number of aromatic nitrogens is 4. The zero-order chi connectivity index (χ0) is 31.7. The summed E-state index contributed by atoms with van der Waals surface area (Å²) in [6.45, 7) is 5.72. The van der Waals surface area contributed by atoms with Gasteiger partial charge in [0, 0.05) is 85.0 Å². The molecule has 0 aliphatic rings. The normalized spacial score (nSPS) is 12.6. The maximum absolute atomic E-state index is 11.3. The summed E-state index contributed by atoms with van der Waals surface area (Å²) >= 11 is 0. The lowest BCUT2D eigenvalue weighted by molar-refractivity contribution is 0.258. The molecule has 0 saturated carbocycles. The number of rotatable bonds is 13. The van der Waals surface area contributed by atoms with E-state index in [9.17, 15) is 10.2 Å². The number of nitrogens with zero attached hydrogens (tertiary/aromatic N) is 7. The van der Waals surface area contributed by atoms with Gasteiger partial charge < -0.3 is 10.2 Å². The molecule has 0 radical (unpaired) electrons. The molecular formula is C37H39N7O2. The summed E-state index contributed by atoms with van der Waals surface area (Å²) in [4.78, 5) is 25.9. The Bertz CT molecular complexity index is 1950. The standard InChI is InChI=1S/C37H39N7O2/c1-2-3-23-44-36(45)30-13-15-32(41-21-17-27-10-4-7-18-38-27)35-33(16-14-31(34(30)35)37(44)46)42-22-24-43(25-28-11-5-8-19-39-28)26-29-12-6-9-20-40-29/h4-16,18-20,45-46H,2-3,17,21-26H2,1H3. The number of benzene rings is 2. The Morgan fingerprint density at radius 1 is 0.652 bits per heavy atom. The van der Waals surface area contributed by atoms with E-state index < -0.39 is 0 Å². The van der Waals surface area contributed by atoms with E-state index in [-0.39, 0.29) is 11.8 Å². The van der Waals surface area contributed by atoms with Crippen LogP contribution in [0.4, 0.5) is 0 Å². The van der Waals surface area contributed by atoms with Gasteiger partial charge in [-0.25, -0.2) is 0 Å². The molecule has 234 valence electrons. The van der Waals surface area contributed by atoms with Crippen molar-refractivity contribution in [3.8, 4) is 11.8 Å². The van der Waals surface area contributed by atoms with Gasteiger partial charge >= 0.3 is 0 Å². The lowest BCUT2D eigenvalue weighted by atomic mass is 10.0. The first-order chi connectivity index (χ1) is 22.6. The number of hydrogen-bond donors (Lipinski definition) is 2. The van der Waals surface area contributed by atoms with Gasteiger partial charge in [-0.05, 0) is 67.1 Å². The van der Waals surface area contributed by atoms with Crippen LogP contribution in [-0.4, -0.2) is 54.3 Å². The molecule has 0 aliphatic carbocycles. The second kappa shape index (κ2) is 14.8. The largest absolute Gasteiger partial charge is 0.494 e. The Morgan fingerprint density at radius 2 is 1.20 bits per heavy atom. The van der Waals surface area contributed by atoms with E-state index >= 15 is 0 Å². The van der Waals surface area contributed by atoms with Crippen LogP contribution in [0.5, 0.6) is 11.8 Å². The minimum atomic E-state index is 0.0533. The molecule has 6 rings (SSSR count). The first kappa shape index (κ1) is 30.9. The first-order valence-corrected chi connectivity index (χ1v) is 15.9. The van der Waals surface area contributed by atoms with Gasteiger partial charge in [-0.2, -0.15) is 0 Å². The van der Waals surface area contributed by atoms with Crippen molar-refractivity contribution < 1.29 is 10.2 Å². The quantitative estimate of drug-likeness (QED) is 0.181. The molecule has 0 atom stereocenters. The van der Waals surface area contributed by atoms with Gasteiger partial charge in [0.05, 0.1) is 28.6 Å². The van der Waals surface area contributed by atoms with Gasteiger partial charge in [0.15, 0.2) is 0 Å². The molecule has 9 heteroatoms. The van der Waals surface area contributed by atoms with Crippen molar-refractivity contribution in [3.05, 3.63) is 125 Å². The fraction of sp³-hybridized carbons (Fsp3) is 0.270. The minimum absolute atomic E-state index is 0.0533. The zero-order valence-electron chi connectivity index (χ0n) is 26.1. The molecule has 46 heavy (non-hydrogen) atoms. The zero-order valence-corrected chi connectivity index (χ0v) is 26.1. The molecule has 2 N–H and O–H groups in total. The highest BCUT2D eigenvalue weighted by atomic mass is 16.3. The number of unbranched alkanes of at least 4 members (excludes halogenated alkanes) is 1. The van der Waals surface area contributed by atoms with Gasteiger partial charge in [0.1, 0.15) is 0 Å². The molecule has 2 aromatic carbocycles. The fourth-order valence-corrected chi connectivity index (χ4v) is 5.82. The molecule has 4 heterocycles. The van der Waals surface area contributed by atoms with Crippen molar-refractivity contribution in [3.63, 3.8) is 0 Å². The van der Waals surface area contributed by atoms with E-state index in [1.807, 2.05) is 91.3 Å². The molecule has 0 amide bonds. The molecule has 0 bridgehead atoms. The smallest absolute Gasteiger partial charge is 0.201 e. The Morgan fingerprint density at radius 3 is 1.72 bits per heavy atom.